The summed E-state index contributed by atoms with van der Waals surface area (Å²) in [6.07, 6.45) is 18.6. The molecular weight excluding hydrogens is 504 g/mol. The van der Waals surface area contributed by atoms with E-state index in [4.69, 9.17) is 9.84 Å². The molecule has 1 N–H and O–H groups in total. The summed E-state index contributed by atoms with van der Waals surface area (Å²) < 4.78 is 6.91. The first-order valence-corrected chi connectivity index (χ1v) is 17.4. The fourth-order valence-electron chi connectivity index (χ4n) is 15.2. The molecule has 10 rings (SSSR count). The number of ether oxygens (including phenoxy) is 1. The molecule has 1 saturated heterocycles. The van der Waals surface area contributed by atoms with E-state index < -0.39 is 5.97 Å². The van der Waals surface area contributed by atoms with Crippen molar-refractivity contribution in [1.29, 1.82) is 0 Å². The third-order valence-electron chi connectivity index (χ3n) is 17.7. The number of carboxylic acids is 1. The van der Waals surface area contributed by atoms with E-state index >= 15 is 0 Å². The van der Waals surface area contributed by atoms with Gasteiger partial charge in [-0.2, -0.15) is 0 Å². The standard InChI is InChI=1S/C35H58O.C3H4O2/c1-28(2)23-13-16-31(7,26(28)20-23)32(8)17-14-25-22-35(32,30(25,5)6)33(9)18-15-24-21-34(33,29(24,3)4)27-12-10-11-19-36-27;1-2-3(4)5/h23-27H,10-22H2,1-9H3;2H,1H2,(H,4,5). The van der Waals surface area contributed by atoms with Crippen molar-refractivity contribution in [3.05, 3.63) is 12.7 Å². The van der Waals surface area contributed by atoms with Gasteiger partial charge < -0.3 is 9.84 Å². The van der Waals surface area contributed by atoms with Crippen LogP contribution in [-0.4, -0.2) is 23.8 Å². The second-order valence-corrected chi connectivity index (χ2v) is 18.5. The first-order valence-electron chi connectivity index (χ1n) is 17.4. The third kappa shape index (κ3) is 3.15. The summed E-state index contributed by atoms with van der Waals surface area (Å²) in [6.45, 7) is 28.8. The molecule has 10 fully saturated rings. The zero-order valence-corrected chi connectivity index (χ0v) is 28.1. The molecule has 232 valence electrons. The van der Waals surface area contributed by atoms with Crippen LogP contribution in [0.3, 0.4) is 0 Å². The lowest BCUT2D eigenvalue weighted by Crippen LogP contribution is -2.84. The summed E-state index contributed by atoms with van der Waals surface area (Å²) in [5, 5.41) is 7.60. The van der Waals surface area contributed by atoms with Gasteiger partial charge in [0.05, 0.1) is 6.10 Å². The van der Waals surface area contributed by atoms with Crippen LogP contribution in [0.5, 0.6) is 0 Å². The van der Waals surface area contributed by atoms with Gasteiger partial charge in [-0.25, -0.2) is 4.79 Å². The first-order chi connectivity index (χ1) is 18.9. The lowest BCUT2D eigenvalue weighted by molar-refractivity contribution is -0.425. The van der Waals surface area contributed by atoms with Gasteiger partial charge in [0.15, 0.2) is 0 Å². The molecule has 1 aliphatic heterocycles. The Balaban J connectivity index is 0.000000559. The number of hydrogen-bond donors (Lipinski definition) is 1. The van der Waals surface area contributed by atoms with Gasteiger partial charge in [-0.15, -0.1) is 0 Å². The van der Waals surface area contributed by atoms with E-state index in [0.717, 1.165) is 36.4 Å². The van der Waals surface area contributed by atoms with Gasteiger partial charge in [0.25, 0.3) is 0 Å². The summed E-state index contributed by atoms with van der Waals surface area (Å²) in [5.41, 5.74) is 3.41. The molecule has 0 aromatic rings. The second kappa shape index (κ2) is 8.88. The molecule has 3 heteroatoms. The summed E-state index contributed by atoms with van der Waals surface area (Å²) >= 11 is 0. The van der Waals surface area contributed by atoms with Crippen LogP contribution < -0.4 is 0 Å². The number of aliphatic carboxylic acids is 1. The van der Waals surface area contributed by atoms with E-state index in [-0.39, 0.29) is 0 Å². The highest BCUT2D eigenvalue weighted by Crippen LogP contribution is 2.92. The molecule has 0 aromatic carbocycles. The van der Waals surface area contributed by atoms with Gasteiger partial charge in [-0.05, 0) is 139 Å². The van der Waals surface area contributed by atoms with Crippen LogP contribution in [0.15, 0.2) is 12.7 Å². The zero-order chi connectivity index (χ0) is 30.1. The van der Waals surface area contributed by atoms with Gasteiger partial charge in [0, 0.05) is 18.1 Å². The van der Waals surface area contributed by atoms with Crippen molar-refractivity contribution in [2.24, 2.45) is 67.0 Å². The number of carboxylic acid groups (broad SMARTS) is 1. The number of carbonyl (C=O) groups is 1. The minimum absolute atomic E-state index is 0.354. The Morgan fingerprint density at radius 1 is 0.780 bits per heavy atom. The number of fused-ring (bicyclic) bond motifs is 7. The molecule has 9 saturated carbocycles. The molecule has 1 heterocycles. The maximum atomic E-state index is 9.25. The molecule has 0 amide bonds. The first kappa shape index (κ1) is 30.2. The molecule has 0 aromatic heterocycles. The Hall–Kier alpha value is -0.830. The van der Waals surface area contributed by atoms with Gasteiger partial charge >= 0.3 is 5.97 Å². The topological polar surface area (TPSA) is 46.5 Å². The average molecular weight is 567 g/mol. The fourth-order valence-corrected chi connectivity index (χ4v) is 15.2. The van der Waals surface area contributed by atoms with E-state index in [2.05, 4.69) is 68.9 Å². The average Bonchev–Trinajstić information content (AvgIpc) is 2.92. The Bertz CT molecular complexity index is 1090. The van der Waals surface area contributed by atoms with Gasteiger partial charge in [0.1, 0.15) is 0 Å². The molecule has 41 heavy (non-hydrogen) atoms. The van der Waals surface area contributed by atoms with E-state index in [1.807, 2.05) is 0 Å². The molecule has 10 aliphatic rings. The summed E-state index contributed by atoms with van der Waals surface area (Å²) in [7, 11) is 0. The van der Waals surface area contributed by atoms with Crippen molar-refractivity contribution in [2.75, 3.05) is 6.61 Å². The Morgan fingerprint density at radius 2 is 1.37 bits per heavy atom. The van der Waals surface area contributed by atoms with Crippen molar-refractivity contribution in [3.63, 3.8) is 0 Å². The van der Waals surface area contributed by atoms with Crippen LogP contribution in [0.25, 0.3) is 0 Å². The van der Waals surface area contributed by atoms with Crippen LogP contribution >= 0.6 is 0 Å². The number of hydrogen-bond acceptors (Lipinski definition) is 2. The van der Waals surface area contributed by atoms with Crippen LogP contribution in [0, 0.1) is 67.0 Å². The van der Waals surface area contributed by atoms with Crippen LogP contribution in [0.1, 0.15) is 139 Å². The SMILES string of the molecule is C=CC(=O)O.CC1(C)C2CCC(C)(C3(C)CCC4CC3(C3(C)CCC5CC3(C3CCCCO3)C5(C)C)C4(C)C)C1C2. The molecule has 0 radical (unpaired) electrons. The second-order valence-electron chi connectivity index (χ2n) is 18.5. The van der Waals surface area contributed by atoms with Crippen molar-refractivity contribution in [2.45, 2.75) is 145 Å². The maximum Gasteiger partial charge on any atom is 0.327 e. The van der Waals surface area contributed by atoms with Crippen molar-refractivity contribution in [3.8, 4) is 0 Å². The zero-order valence-electron chi connectivity index (χ0n) is 28.1. The van der Waals surface area contributed by atoms with E-state index in [1.165, 1.54) is 77.0 Å². The largest absolute Gasteiger partial charge is 0.478 e. The molecule has 6 bridgehead atoms. The van der Waals surface area contributed by atoms with Gasteiger partial charge in [-0.3, -0.25) is 0 Å². The highest BCUT2D eigenvalue weighted by atomic mass is 16.5. The summed E-state index contributed by atoms with van der Waals surface area (Å²) in [5.74, 6) is 2.76. The molecule has 0 spiro atoms. The third-order valence-corrected chi connectivity index (χ3v) is 17.7. The van der Waals surface area contributed by atoms with Crippen molar-refractivity contribution >= 4 is 5.97 Å². The van der Waals surface area contributed by atoms with E-state index in [0.29, 0.717) is 49.4 Å². The smallest absolute Gasteiger partial charge is 0.327 e. The Kier molecular flexibility index (Phi) is 6.54. The minimum Gasteiger partial charge on any atom is -0.478 e. The summed E-state index contributed by atoms with van der Waals surface area (Å²) in [4.78, 5) is 9.25. The molecule has 9 aliphatic carbocycles. The Morgan fingerprint density at radius 3 is 1.85 bits per heavy atom. The number of rotatable bonds is 4. The van der Waals surface area contributed by atoms with E-state index in [9.17, 15) is 4.79 Å². The van der Waals surface area contributed by atoms with E-state index in [1.54, 1.807) is 0 Å². The lowest BCUT2D eigenvalue weighted by Gasteiger charge is -2.89. The fraction of sp³-hybridized carbons (Fsp3) is 0.921. The Labute approximate surface area is 252 Å². The monoisotopic (exact) mass is 566 g/mol. The minimum atomic E-state index is -0.981. The summed E-state index contributed by atoms with van der Waals surface area (Å²) in [6, 6.07) is 0. The van der Waals surface area contributed by atoms with Crippen LogP contribution in [0.4, 0.5) is 0 Å². The molecule has 10 unspecified atom stereocenters. The predicted octanol–water partition coefficient (Wildman–Crippen LogP) is 9.94. The quantitative estimate of drug-likeness (QED) is 0.344. The predicted molar refractivity (Wildman–Crippen MR) is 167 cm³/mol. The van der Waals surface area contributed by atoms with Crippen molar-refractivity contribution in [1.82, 2.24) is 0 Å². The van der Waals surface area contributed by atoms with Gasteiger partial charge in [0.2, 0.25) is 0 Å². The molecule has 10 atom stereocenters. The van der Waals surface area contributed by atoms with Gasteiger partial charge in [-0.1, -0.05) is 68.9 Å². The van der Waals surface area contributed by atoms with Crippen LogP contribution in [0.2, 0.25) is 0 Å². The highest BCUT2D eigenvalue weighted by Gasteiger charge is 2.87. The normalized spacial score (nSPS) is 53.2. The van der Waals surface area contributed by atoms with Crippen molar-refractivity contribution < 1.29 is 14.6 Å². The highest BCUT2D eigenvalue weighted by molar-refractivity contribution is 5.78. The molecular formula is C38H62O3. The lowest BCUT2D eigenvalue weighted by atomic mass is 9.15. The van der Waals surface area contributed by atoms with Crippen LogP contribution in [-0.2, 0) is 9.53 Å². The molecule has 3 nitrogen and oxygen atoms in total. The maximum absolute atomic E-state index is 9.25.